The van der Waals surface area contributed by atoms with Gasteiger partial charge in [-0.05, 0) is 65.7 Å². The Hall–Kier alpha value is -3.15. The van der Waals surface area contributed by atoms with Crippen molar-refractivity contribution in [3.05, 3.63) is 89.2 Å². The molecule has 4 aromatic rings. The third kappa shape index (κ3) is 5.01. The molecule has 0 saturated heterocycles. The number of benzene rings is 3. The molecule has 4 nitrogen and oxygen atoms in total. The molecule has 164 valence electrons. The normalized spacial score (nSPS) is 11.1. The Balaban J connectivity index is 1.72. The fraction of sp³-hybridized carbons (Fsp3) is 0.222. The van der Waals surface area contributed by atoms with Crippen LogP contribution in [-0.4, -0.2) is 10.2 Å². The van der Waals surface area contributed by atoms with Crippen molar-refractivity contribution < 1.29 is 14.3 Å². The third-order valence-corrected chi connectivity index (χ3v) is 5.55. The Bertz CT molecular complexity index is 1240. The van der Waals surface area contributed by atoms with Gasteiger partial charge in [0.15, 0.2) is 5.05 Å². The predicted octanol–water partition coefficient (Wildman–Crippen LogP) is 6.52. The molecule has 32 heavy (non-hydrogen) atoms. The van der Waals surface area contributed by atoms with Crippen LogP contribution in [0.4, 0.5) is 0 Å². The largest absolute Gasteiger partial charge is 0.502 e. The number of fused-ring (bicyclic) bond motifs is 1. The first-order valence-electron chi connectivity index (χ1n) is 10.8. The summed E-state index contributed by atoms with van der Waals surface area (Å²) in [5, 5.41) is 10.6. The van der Waals surface area contributed by atoms with Crippen LogP contribution in [-0.2, 0) is 26.0 Å². The van der Waals surface area contributed by atoms with Crippen LogP contribution in [0.1, 0.15) is 35.8 Å². The maximum atomic E-state index is 9.54. The number of aliphatic hydroxyl groups is 1. The molecule has 0 spiro atoms. The summed E-state index contributed by atoms with van der Waals surface area (Å²) in [7, 11) is 0. The Labute approximate surface area is 193 Å². The average molecular weight is 446 g/mol. The Morgan fingerprint density at radius 3 is 2.66 bits per heavy atom. The van der Waals surface area contributed by atoms with Gasteiger partial charge in [-0.25, -0.2) is 0 Å². The van der Waals surface area contributed by atoms with Crippen LogP contribution in [0.3, 0.4) is 0 Å². The van der Waals surface area contributed by atoms with Crippen LogP contribution in [0.15, 0.2) is 71.1 Å². The van der Waals surface area contributed by atoms with E-state index >= 15 is 0 Å². The van der Waals surface area contributed by atoms with Crippen molar-refractivity contribution in [2.24, 2.45) is 5.73 Å². The molecule has 0 bridgehead atoms. The lowest BCUT2D eigenvalue weighted by molar-refractivity contribution is 0.303. The highest BCUT2D eigenvalue weighted by molar-refractivity contribution is 7.80. The molecule has 1 aromatic heterocycles. The fourth-order valence-electron chi connectivity index (χ4n) is 3.92. The Morgan fingerprint density at radius 1 is 1.03 bits per heavy atom. The summed E-state index contributed by atoms with van der Waals surface area (Å²) in [6, 6.07) is 22.2. The zero-order valence-corrected chi connectivity index (χ0v) is 19.0. The monoisotopic (exact) mass is 445 g/mol. The van der Waals surface area contributed by atoms with E-state index in [1.54, 1.807) is 0 Å². The molecule has 5 heteroatoms. The molecule has 4 rings (SSSR count). The lowest BCUT2D eigenvalue weighted by atomic mass is 9.99. The Kier molecular flexibility index (Phi) is 6.88. The zero-order chi connectivity index (χ0) is 22.5. The number of aryl methyl sites for hydroxylation is 1. The molecule has 0 aliphatic heterocycles. The standard InChI is InChI=1S/C27H27NO3S/c1-2-6-23-14-22-12-19(17-30-25-10-4-3-8-21(25)15-26(29)32)13-24(27(22)31-23)20-9-5-7-18(11-20)16-28/h3-5,7-14H,2,6,15-17,28H2,1H3,(H,29,32). The molecule has 0 fully saturated rings. The molecule has 0 radical (unpaired) electrons. The Morgan fingerprint density at radius 2 is 1.88 bits per heavy atom. The van der Waals surface area contributed by atoms with Gasteiger partial charge in [-0.3, -0.25) is 0 Å². The number of furan rings is 1. The lowest BCUT2D eigenvalue weighted by Gasteiger charge is -2.12. The third-order valence-electron chi connectivity index (χ3n) is 5.41. The van der Waals surface area contributed by atoms with Gasteiger partial charge in [-0.1, -0.05) is 43.3 Å². The van der Waals surface area contributed by atoms with Gasteiger partial charge < -0.3 is 20.0 Å². The van der Waals surface area contributed by atoms with E-state index in [1.807, 2.05) is 36.4 Å². The summed E-state index contributed by atoms with van der Waals surface area (Å²) in [6.07, 6.45) is 2.22. The van der Waals surface area contributed by atoms with Gasteiger partial charge in [0.05, 0.1) is 0 Å². The molecular formula is C27H27NO3S. The highest BCUT2D eigenvalue weighted by Crippen LogP contribution is 2.34. The first kappa shape index (κ1) is 22.1. The first-order chi connectivity index (χ1) is 15.6. The van der Waals surface area contributed by atoms with E-state index in [-0.39, 0.29) is 5.05 Å². The van der Waals surface area contributed by atoms with Crippen molar-refractivity contribution in [3.63, 3.8) is 0 Å². The molecule has 0 saturated carbocycles. The van der Waals surface area contributed by atoms with Gasteiger partial charge in [-0.15, -0.1) is 0 Å². The molecule has 0 unspecified atom stereocenters. The van der Waals surface area contributed by atoms with E-state index in [2.05, 4.69) is 37.3 Å². The van der Waals surface area contributed by atoms with Gasteiger partial charge in [0.2, 0.25) is 0 Å². The highest BCUT2D eigenvalue weighted by Gasteiger charge is 2.14. The van der Waals surface area contributed by atoms with Crippen molar-refractivity contribution in [1.29, 1.82) is 0 Å². The fourth-order valence-corrected chi connectivity index (χ4v) is 4.07. The van der Waals surface area contributed by atoms with Crippen molar-refractivity contribution in [2.75, 3.05) is 0 Å². The van der Waals surface area contributed by atoms with Crippen molar-refractivity contribution >= 4 is 28.2 Å². The predicted molar refractivity (Wildman–Crippen MR) is 133 cm³/mol. The summed E-state index contributed by atoms with van der Waals surface area (Å²) >= 11 is 4.86. The van der Waals surface area contributed by atoms with E-state index in [0.29, 0.717) is 19.6 Å². The van der Waals surface area contributed by atoms with Crippen LogP contribution in [0.25, 0.3) is 22.1 Å². The van der Waals surface area contributed by atoms with Crippen LogP contribution < -0.4 is 10.5 Å². The molecule has 1 heterocycles. The molecule has 0 atom stereocenters. The minimum atomic E-state index is -0.0496. The van der Waals surface area contributed by atoms with Crippen molar-refractivity contribution in [3.8, 4) is 16.9 Å². The summed E-state index contributed by atoms with van der Waals surface area (Å²) in [5.41, 5.74) is 11.8. The quantitative estimate of drug-likeness (QED) is 0.287. The molecule has 3 N–H and O–H groups in total. The summed E-state index contributed by atoms with van der Waals surface area (Å²) in [5.74, 6) is 1.70. The van der Waals surface area contributed by atoms with Gasteiger partial charge in [0, 0.05) is 35.9 Å². The second kappa shape index (κ2) is 9.98. The van der Waals surface area contributed by atoms with Crippen molar-refractivity contribution in [1.82, 2.24) is 0 Å². The van der Waals surface area contributed by atoms with Gasteiger partial charge in [0.25, 0.3) is 0 Å². The zero-order valence-electron chi connectivity index (χ0n) is 18.1. The number of thiocarbonyl (C=S) groups is 1. The van der Waals surface area contributed by atoms with Crippen LogP contribution >= 0.6 is 12.2 Å². The summed E-state index contributed by atoms with van der Waals surface area (Å²) < 4.78 is 12.4. The number of para-hydroxylation sites is 1. The number of ether oxygens (including phenoxy) is 1. The maximum Gasteiger partial charge on any atom is 0.161 e. The number of rotatable bonds is 9. The number of hydrogen-bond acceptors (Lipinski definition) is 4. The number of aliphatic hydroxyl groups excluding tert-OH is 1. The minimum absolute atomic E-state index is 0.0496. The SMILES string of the molecule is CCCc1cc2cc(COc3ccccc3CC(O)=S)cc(-c3cccc(CN)c3)c2o1. The van der Waals surface area contributed by atoms with E-state index in [0.717, 1.165) is 63.1 Å². The summed E-state index contributed by atoms with van der Waals surface area (Å²) in [4.78, 5) is 0. The number of nitrogens with two attached hydrogens (primary N) is 1. The highest BCUT2D eigenvalue weighted by atomic mass is 32.1. The molecular weight excluding hydrogens is 418 g/mol. The van der Waals surface area contributed by atoms with Crippen molar-refractivity contribution in [2.45, 2.75) is 39.3 Å². The number of hydrogen-bond donors (Lipinski definition) is 2. The van der Waals surface area contributed by atoms with Crippen LogP contribution in [0, 0.1) is 0 Å². The second-order valence-electron chi connectivity index (χ2n) is 7.90. The molecule has 0 amide bonds. The lowest BCUT2D eigenvalue weighted by Crippen LogP contribution is -2.03. The van der Waals surface area contributed by atoms with Gasteiger partial charge in [0.1, 0.15) is 23.7 Å². The van der Waals surface area contributed by atoms with Gasteiger partial charge >= 0.3 is 0 Å². The minimum Gasteiger partial charge on any atom is -0.502 e. The van der Waals surface area contributed by atoms with Gasteiger partial charge in [-0.2, -0.15) is 0 Å². The molecule has 3 aromatic carbocycles. The van der Waals surface area contributed by atoms with E-state index in [4.69, 9.17) is 27.1 Å². The van der Waals surface area contributed by atoms with E-state index in [1.165, 1.54) is 0 Å². The topological polar surface area (TPSA) is 68.6 Å². The average Bonchev–Trinajstić information content (AvgIpc) is 3.20. The molecule has 0 aliphatic carbocycles. The van der Waals surface area contributed by atoms with Crippen LogP contribution in [0.5, 0.6) is 5.75 Å². The first-order valence-corrected chi connectivity index (χ1v) is 11.3. The molecule has 0 aliphatic rings. The smallest absolute Gasteiger partial charge is 0.161 e. The second-order valence-corrected chi connectivity index (χ2v) is 8.37. The van der Waals surface area contributed by atoms with E-state index < -0.39 is 0 Å². The van der Waals surface area contributed by atoms with Crippen LogP contribution in [0.2, 0.25) is 0 Å². The maximum absolute atomic E-state index is 9.54. The summed E-state index contributed by atoms with van der Waals surface area (Å²) in [6.45, 7) is 3.03. The van der Waals surface area contributed by atoms with E-state index in [9.17, 15) is 5.11 Å².